The first-order valence-electron chi connectivity index (χ1n) is 7.25. The SMILES string of the molecule is C=CCCC(=C)NC(C)(CCC(=C)C)CCC(=S)NC. The van der Waals surface area contributed by atoms with Crippen LogP contribution in [-0.4, -0.2) is 17.6 Å². The molecule has 3 heteroatoms. The number of allylic oxidation sites excluding steroid dienone is 3. The zero-order valence-electron chi connectivity index (χ0n) is 13.3. The van der Waals surface area contributed by atoms with Gasteiger partial charge in [0.15, 0.2) is 0 Å². The molecule has 0 saturated heterocycles. The van der Waals surface area contributed by atoms with E-state index in [1.807, 2.05) is 13.1 Å². The Labute approximate surface area is 130 Å². The predicted octanol–water partition coefficient (Wildman–Crippen LogP) is 4.50. The van der Waals surface area contributed by atoms with Crippen LogP contribution in [-0.2, 0) is 0 Å². The first kappa shape index (κ1) is 18.9. The second-order valence-corrected chi connectivity index (χ2v) is 6.24. The Morgan fingerprint density at radius 2 is 1.80 bits per heavy atom. The van der Waals surface area contributed by atoms with Crippen LogP contribution < -0.4 is 10.6 Å². The van der Waals surface area contributed by atoms with E-state index in [0.717, 1.165) is 49.2 Å². The minimum absolute atomic E-state index is 0.0120. The van der Waals surface area contributed by atoms with E-state index in [9.17, 15) is 0 Å². The summed E-state index contributed by atoms with van der Waals surface area (Å²) in [6.07, 6.45) is 7.76. The number of hydrogen-bond donors (Lipinski definition) is 2. The van der Waals surface area contributed by atoms with Crippen molar-refractivity contribution in [1.82, 2.24) is 10.6 Å². The van der Waals surface area contributed by atoms with E-state index < -0.39 is 0 Å². The zero-order chi connectivity index (χ0) is 15.6. The third kappa shape index (κ3) is 8.92. The van der Waals surface area contributed by atoms with Crippen molar-refractivity contribution in [2.24, 2.45) is 0 Å². The van der Waals surface area contributed by atoms with Crippen LogP contribution in [0.3, 0.4) is 0 Å². The summed E-state index contributed by atoms with van der Waals surface area (Å²) >= 11 is 5.25. The van der Waals surface area contributed by atoms with E-state index in [4.69, 9.17) is 12.2 Å². The lowest BCUT2D eigenvalue weighted by Gasteiger charge is -2.33. The van der Waals surface area contributed by atoms with Crippen molar-refractivity contribution in [2.75, 3.05) is 7.05 Å². The molecule has 0 aliphatic rings. The number of rotatable bonds is 11. The highest BCUT2D eigenvalue weighted by Crippen LogP contribution is 2.23. The van der Waals surface area contributed by atoms with Gasteiger partial charge < -0.3 is 10.6 Å². The van der Waals surface area contributed by atoms with E-state index in [1.165, 1.54) is 5.57 Å². The first-order valence-corrected chi connectivity index (χ1v) is 7.65. The van der Waals surface area contributed by atoms with Crippen molar-refractivity contribution >= 4 is 17.2 Å². The van der Waals surface area contributed by atoms with Gasteiger partial charge in [0, 0.05) is 18.3 Å². The molecular weight excluding hydrogens is 264 g/mol. The molecular formula is C17H30N2S. The lowest BCUT2D eigenvalue weighted by Crippen LogP contribution is -2.42. The Kier molecular flexibility index (Phi) is 9.23. The smallest absolute Gasteiger partial charge is 0.0751 e. The van der Waals surface area contributed by atoms with Gasteiger partial charge in [0.05, 0.1) is 4.99 Å². The third-order valence-electron chi connectivity index (χ3n) is 3.42. The lowest BCUT2D eigenvalue weighted by atomic mass is 9.88. The predicted molar refractivity (Wildman–Crippen MR) is 95.1 cm³/mol. The summed E-state index contributed by atoms with van der Waals surface area (Å²) in [5.74, 6) is 0. The van der Waals surface area contributed by atoms with Gasteiger partial charge in [-0.2, -0.15) is 0 Å². The minimum Gasteiger partial charge on any atom is -0.384 e. The maximum absolute atomic E-state index is 5.25. The molecule has 2 nitrogen and oxygen atoms in total. The van der Waals surface area contributed by atoms with Crippen molar-refractivity contribution in [3.05, 3.63) is 37.1 Å². The molecule has 1 unspecified atom stereocenters. The summed E-state index contributed by atoms with van der Waals surface area (Å²) in [4.78, 5) is 0.907. The van der Waals surface area contributed by atoms with Crippen LogP contribution in [0.15, 0.2) is 37.1 Å². The molecule has 0 radical (unpaired) electrons. The highest BCUT2D eigenvalue weighted by molar-refractivity contribution is 7.80. The molecule has 20 heavy (non-hydrogen) atoms. The Morgan fingerprint density at radius 1 is 1.20 bits per heavy atom. The number of thiocarbonyl (C=S) groups is 1. The van der Waals surface area contributed by atoms with Crippen LogP contribution in [0.2, 0.25) is 0 Å². The van der Waals surface area contributed by atoms with E-state index in [2.05, 4.69) is 44.2 Å². The molecule has 0 bridgehead atoms. The molecule has 0 saturated carbocycles. The molecule has 0 spiro atoms. The summed E-state index contributed by atoms with van der Waals surface area (Å²) in [7, 11) is 1.88. The van der Waals surface area contributed by atoms with E-state index >= 15 is 0 Å². The summed E-state index contributed by atoms with van der Waals surface area (Å²) in [5, 5.41) is 6.63. The molecule has 0 fully saturated rings. The molecule has 1 atom stereocenters. The standard InChI is InChI=1S/C17H30N2S/c1-7-8-9-15(4)19-17(5,12-10-14(2)3)13-11-16(20)18-6/h7,19H,1-2,4,8-13H2,3,5-6H3,(H,18,20). The fourth-order valence-corrected chi connectivity index (χ4v) is 2.12. The van der Waals surface area contributed by atoms with Gasteiger partial charge in [-0.05, 0) is 52.4 Å². The second-order valence-electron chi connectivity index (χ2n) is 5.75. The Balaban J connectivity index is 4.58. The molecule has 0 amide bonds. The molecule has 0 heterocycles. The van der Waals surface area contributed by atoms with Crippen molar-refractivity contribution < 1.29 is 0 Å². The maximum atomic E-state index is 5.25. The topological polar surface area (TPSA) is 24.1 Å². The first-order chi connectivity index (χ1) is 9.33. The van der Waals surface area contributed by atoms with E-state index in [1.54, 1.807) is 0 Å². The third-order valence-corrected chi connectivity index (χ3v) is 3.82. The van der Waals surface area contributed by atoms with Gasteiger partial charge in [0.1, 0.15) is 0 Å². The molecule has 0 aromatic carbocycles. The Bertz CT molecular complexity index is 360. The highest BCUT2D eigenvalue weighted by Gasteiger charge is 2.24. The average Bonchev–Trinajstić information content (AvgIpc) is 2.40. The zero-order valence-corrected chi connectivity index (χ0v) is 14.2. The normalized spacial score (nSPS) is 13.2. The maximum Gasteiger partial charge on any atom is 0.0751 e. The number of hydrogen-bond acceptors (Lipinski definition) is 2. The van der Waals surface area contributed by atoms with Crippen LogP contribution in [0, 0.1) is 0 Å². The fourth-order valence-electron chi connectivity index (χ4n) is 2.02. The minimum atomic E-state index is 0.0120. The van der Waals surface area contributed by atoms with Crippen molar-refractivity contribution in [3.8, 4) is 0 Å². The Hall–Kier alpha value is -1.09. The molecule has 0 aliphatic carbocycles. The van der Waals surface area contributed by atoms with E-state index in [0.29, 0.717) is 0 Å². The molecule has 0 aromatic rings. The summed E-state index contributed by atoms with van der Waals surface area (Å²) in [6.45, 7) is 16.2. The summed E-state index contributed by atoms with van der Waals surface area (Å²) in [6, 6.07) is 0. The van der Waals surface area contributed by atoms with Crippen molar-refractivity contribution in [2.45, 2.75) is 57.9 Å². The monoisotopic (exact) mass is 294 g/mol. The van der Waals surface area contributed by atoms with Gasteiger partial charge in [-0.3, -0.25) is 0 Å². The van der Waals surface area contributed by atoms with Gasteiger partial charge in [0.25, 0.3) is 0 Å². The van der Waals surface area contributed by atoms with Crippen LogP contribution in [0.1, 0.15) is 52.4 Å². The van der Waals surface area contributed by atoms with E-state index in [-0.39, 0.29) is 5.54 Å². The van der Waals surface area contributed by atoms with Crippen molar-refractivity contribution in [1.29, 1.82) is 0 Å². The van der Waals surface area contributed by atoms with Gasteiger partial charge in [0.2, 0.25) is 0 Å². The van der Waals surface area contributed by atoms with Gasteiger partial charge in [-0.25, -0.2) is 0 Å². The lowest BCUT2D eigenvalue weighted by molar-refractivity contribution is 0.337. The molecule has 114 valence electrons. The molecule has 0 aromatic heterocycles. The van der Waals surface area contributed by atoms with Crippen LogP contribution in [0.5, 0.6) is 0 Å². The summed E-state index contributed by atoms with van der Waals surface area (Å²) in [5.41, 5.74) is 2.30. The molecule has 0 rings (SSSR count). The largest absolute Gasteiger partial charge is 0.384 e. The second kappa shape index (κ2) is 9.76. The van der Waals surface area contributed by atoms with Crippen LogP contribution in [0.4, 0.5) is 0 Å². The van der Waals surface area contributed by atoms with Gasteiger partial charge >= 0.3 is 0 Å². The fraction of sp³-hybridized carbons (Fsp3) is 0.588. The highest BCUT2D eigenvalue weighted by atomic mass is 32.1. The molecule has 0 aliphatic heterocycles. The van der Waals surface area contributed by atoms with Gasteiger partial charge in [-0.15, -0.1) is 13.2 Å². The molecule has 2 N–H and O–H groups in total. The Morgan fingerprint density at radius 3 is 2.30 bits per heavy atom. The van der Waals surface area contributed by atoms with Gasteiger partial charge in [-0.1, -0.05) is 30.4 Å². The number of nitrogens with one attached hydrogen (secondary N) is 2. The van der Waals surface area contributed by atoms with Crippen LogP contribution >= 0.6 is 12.2 Å². The quantitative estimate of drug-likeness (QED) is 0.433. The summed E-state index contributed by atoms with van der Waals surface area (Å²) < 4.78 is 0. The van der Waals surface area contributed by atoms with Crippen LogP contribution in [0.25, 0.3) is 0 Å². The van der Waals surface area contributed by atoms with Crippen molar-refractivity contribution in [3.63, 3.8) is 0 Å². The average molecular weight is 295 g/mol.